The number of carbonyl (C=O) groups excluding carboxylic acids is 2. The Labute approximate surface area is 98.9 Å². The van der Waals surface area contributed by atoms with E-state index in [4.69, 9.17) is 0 Å². The van der Waals surface area contributed by atoms with Crippen molar-refractivity contribution in [3.05, 3.63) is 0 Å². The van der Waals surface area contributed by atoms with Crippen LogP contribution in [0.4, 0.5) is 0 Å². The summed E-state index contributed by atoms with van der Waals surface area (Å²) in [6, 6.07) is 0. The average molecular weight is 240 g/mol. The summed E-state index contributed by atoms with van der Waals surface area (Å²) in [5.41, 5.74) is -0.577. The lowest BCUT2D eigenvalue weighted by molar-refractivity contribution is -0.140. The van der Waals surface area contributed by atoms with Crippen molar-refractivity contribution in [1.29, 1.82) is 0 Å². The van der Waals surface area contributed by atoms with Gasteiger partial charge in [0.1, 0.15) is 5.54 Å². The molecule has 3 aliphatic rings. The second-order valence-corrected chi connectivity index (χ2v) is 6.20. The Morgan fingerprint density at radius 1 is 1.38 bits per heavy atom. The summed E-state index contributed by atoms with van der Waals surface area (Å²) in [6.07, 6.45) is 5.24. The molecule has 5 heteroatoms. The van der Waals surface area contributed by atoms with Gasteiger partial charge in [-0.05, 0) is 31.4 Å². The SMILES string of the molecule is CS[C@@H]1C[C@H]2C[C@@H]1[C@@]1(C2)NC(=O)CNC1=O. The maximum Gasteiger partial charge on any atom is 0.246 e. The van der Waals surface area contributed by atoms with Crippen LogP contribution in [0.25, 0.3) is 0 Å². The molecule has 1 saturated heterocycles. The average Bonchev–Trinajstić information content (AvgIpc) is 2.81. The second kappa shape index (κ2) is 3.39. The Morgan fingerprint density at radius 3 is 2.88 bits per heavy atom. The van der Waals surface area contributed by atoms with Gasteiger partial charge >= 0.3 is 0 Å². The van der Waals surface area contributed by atoms with Crippen LogP contribution in [0.1, 0.15) is 19.3 Å². The van der Waals surface area contributed by atoms with Gasteiger partial charge in [-0.25, -0.2) is 0 Å². The summed E-state index contributed by atoms with van der Waals surface area (Å²) in [4.78, 5) is 23.6. The van der Waals surface area contributed by atoms with Crippen molar-refractivity contribution < 1.29 is 9.59 Å². The van der Waals surface area contributed by atoms with E-state index in [-0.39, 0.29) is 18.4 Å². The van der Waals surface area contributed by atoms with Gasteiger partial charge in [0.05, 0.1) is 6.54 Å². The van der Waals surface area contributed by atoms with Gasteiger partial charge in [0.25, 0.3) is 0 Å². The lowest BCUT2D eigenvalue weighted by Gasteiger charge is -2.42. The third-order valence-corrected chi connectivity index (χ3v) is 5.45. The molecule has 0 aromatic heterocycles. The number of piperazine rings is 1. The number of hydrogen-bond acceptors (Lipinski definition) is 3. The third-order valence-electron chi connectivity index (χ3n) is 4.33. The molecule has 3 rings (SSSR count). The topological polar surface area (TPSA) is 58.2 Å². The molecule has 4 nitrogen and oxygen atoms in total. The molecule has 16 heavy (non-hydrogen) atoms. The molecule has 4 atom stereocenters. The highest BCUT2D eigenvalue weighted by atomic mass is 32.2. The molecule has 2 aliphatic carbocycles. The number of carbonyl (C=O) groups is 2. The van der Waals surface area contributed by atoms with Gasteiger partial charge in [-0.1, -0.05) is 0 Å². The molecular weight excluding hydrogens is 224 g/mol. The molecule has 0 unspecified atom stereocenters. The maximum absolute atomic E-state index is 12.1. The van der Waals surface area contributed by atoms with Crippen molar-refractivity contribution in [3.63, 3.8) is 0 Å². The van der Waals surface area contributed by atoms with Crippen molar-refractivity contribution in [1.82, 2.24) is 10.6 Å². The number of nitrogens with one attached hydrogen (secondary N) is 2. The van der Waals surface area contributed by atoms with Crippen LogP contribution in [0.5, 0.6) is 0 Å². The first kappa shape index (κ1) is 10.4. The van der Waals surface area contributed by atoms with Crippen LogP contribution in [-0.2, 0) is 9.59 Å². The molecule has 2 amide bonds. The van der Waals surface area contributed by atoms with Gasteiger partial charge in [-0.3, -0.25) is 9.59 Å². The monoisotopic (exact) mass is 240 g/mol. The van der Waals surface area contributed by atoms with Gasteiger partial charge in [0, 0.05) is 11.2 Å². The molecule has 3 fully saturated rings. The normalized spacial score (nSPS) is 45.9. The number of amides is 2. The van der Waals surface area contributed by atoms with E-state index in [1.165, 1.54) is 6.42 Å². The first-order valence-electron chi connectivity index (χ1n) is 5.78. The fraction of sp³-hybridized carbons (Fsp3) is 0.818. The summed E-state index contributed by atoms with van der Waals surface area (Å²) >= 11 is 1.84. The highest BCUT2D eigenvalue weighted by molar-refractivity contribution is 7.99. The zero-order valence-corrected chi connectivity index (χ0v) is 10.1. The van der Waals surface area contributed by atoms with Gasteiger partial charge in [0.2, 0.25) is 11.8 Å². The molecule has 0 aromatic carbocycles. The van der Waals surface area contributed by atoms with Crippen LogP contribution in [0, 0.1) is 11.8 Å². The van der Waals surface area contributed by atoms with Gasteiger partial charge < -0.3 is 10.6 Å². The summed E-state index contributed by atoms with van der Waals surface area (Å²) in [6.45, 7) is 0.141. The fourth-order valence-corrected chi connectivity index (χ4v) is 4.86. The third kappa shape index (κ3) is 1.24. The Morgan fingerprint density at radius 2 is 2.19 bits per heavy atom. The van der Waals surface area contributed by atoms with Crippen LogP contribution in [-0.4, -0.2) is 35.4 Å². The molecule has 2 N–H and O–H groups in total. The van der Waals surface area contributed by atoms with Crippen LogP contribution < -0.4 is 10.6 Å². The number of rotatable bonds is 1. The van der Waals surface area contributed by atoms with Gasteiger partial charge in [0.15, 0.2) is 0 Å². The first-order valence-corrected chi connectivity index (χ1v) is 7.06. The number of fused-ring (bicyclic) bond motifs is 3. The van der Waals surface area contributed by atoms with Crippen molar-refractivity contribution in [3.8, 4) is 0 Å². The van der Waals surface area contributed by atoms with Crippen LogP contribution in [0.3, 0.4) is 0 Å². The quantitative estimate of drug-likeness (QED) is 0.685. The fourth-order valence-electron chi connectivity index (χ4n) is 3.73. The van der Waals surface area contributed by atoms with Crippen molar-refractivity contribution in [2.24, 2.45) is 11.8 Å². The molecule has 1 aliphatic heterocycles. The zero-order valence-electron chi connectivity index (χ0n) is 9.29. The molecule has 1 heterocycles. The Bertz CT molecular complexity index is 360. The Hall–Kier alpha value is -0.710. The van der Waals surface area contributed by atoms with Crippen LogP contribution in [0.2, 0.25) is 0 Å². The summed E-state index contributed by atoms with van der Waals surface area (Å²) in [5.74, 6) is 0.953. The Kier molecular flexibility index (Phi) is 2.21. The number of thioether (sulfide) groups is 1. The van der Waals surface area contributed by atoms with Crippen molar-refractivity contribution in [2.45, 2.75) is 30.1 Å². The minimum Gasteiger partial charge on any atom is -0.345 e. The van der Waals surface area contributed by atoms with Gasteiger partial charge in [-0.2, -0.15) is 11.8 Å². The molecule has 88 valence electrons. The summed E-state index contributed by atoms with van der Waals surface area (Å²) < 4.78 is 0. The molecule has 1 spiro atoms. The molecule has 2 saturated carbocycles. The predicted octanol–water partition coefficient (Wildman–Crippen LogP) is 0.133. The zero-order chi connectivity index (χ0) is 11.3. The lowest BCUT2D eigenvalue weighted by atomic mass is 9.78. The molecule has 2 bridgehead atoms. The van der Waals surface area contributed by atoms with Crippen LogP contribution >= 0.6 is 11.8 Å². The minimum absolute atomic E-state index is 0.0352. The first-order chi connectivity index (χ1) is 7.65. The van der Waals surface area contributed by atoms with Crippen LogP contribution in [0.15, 0.2) is 0 Å². The standard InChI is InChI=1S/C11H16N2O2S/c1-16-8-3-6-2-7(8)11(4-6)10(15)12-5-9(14)13-11/h6-8H,2-5H2,1H3,(H,12,15)(H,13,14)/t6-,7+,8-,11-/m1/s1. The largest absolute Gasteiger partial charge is 0.345 e. The van der Waals surface area contributed by atoms with E-state index in [9.17, 15) is 9.59 Å². The molecule has 0 radical (unpaired) electrons. The Balaban J connectivity index is 1.93. The van der Waals surface area contributed by atoms with Crippen molar-refractivity contribution >= 4 is 23.6 Å². The van der Waals surface area contributed by atoms with E-state index >= 15 is 0 Å². The highest BCUT2D eigenvalue weighted by Crippen LogP contribution is 2.54. The highest BCUT2D eigenvalue weighted by Gasteiger charge is 2.61. The van der Waals surface area contributed by atoms with Gasteiger partial charge in [-0.15, -0.1) is 0 Å². The smallest absolute Gasteiger partial charge is 0.246 e. The van der Waals surface area contributed by atoms with E-state index < -0.39 is 5.54 Å². The predicted molar refractivity (Wildman–Crippen MR) is 62.0 cm³/mol. The minimum atomic E-state index is -0.577. The second-order valence-electron chi connectivity index (χ2n) is 5.12. The van der Waals surface area contributed by atoms with E-state index in [1.54, 1.807) is 0 Å². The summed E-state index contributed by atoms with van der Waals surface area (Å²) in [7, 11) is 0. The van der Waals surface area contributed by atoms with E-state index in [1.807, 2.05) is 11.8 Å². The van der Waals surface area contributed by atoms with Crippen molar-refractivity contribution in [2.75, 3.05) is 12.8 Å². The lowest BCUT2D eigenvalue weighted by Crippen LogP contribution is -2.69. The molecule has 0 aromatic rings. The maximum atomic E-state index is 12.1. The molecular formula is C11H16N2O2S. The van der Waals surface area contributed by atoms with E-state index in [0.29, 0.717) is 17.1 Å². The summed E-state index contributed by atoms with van der Waals surface area (Å²) in [5, 5.41) is 6.24. The van der Waals surface area contributed by atoms with E-state index in [2.05, 4.69) is 16.9 Å². The number of hydrogen-bond donors (Lipinski definition) is 2. The van der Waals surface area contributed by atoms with E-state index in [0.717, 1.165) is 12.8 Å².